The molecule has 0 fully saturated rings. The summed E-state index contributed by atoms with van der Waals surface area (Å²) in [4.78, 5) is 0. The highest BCUT2D eigenvalue weighted by atomic mass is 32.2. The second-order valence-electron chi connectivity index (χ2n) is 3.44. The number of hydrogen-bond donors (Lipinski definition) is 0. The van der Waals surface area contributed by atoms with E-state index in [4.69, 9.17) is 9.47 Å². The number of rotatable bonds is 3. The molecule has 0 bridgehead atoms. The van der Waals surface area contributed by atoms with Crippen molar-refractivity contribution in [1.29, 1.82) is 0 Å². The molecule has 1 aliphatic heterocycles. The molecule has 6 heteroatoms. The van der Waals surface area contributed by atoms with Crippen molar-refractivity contribution >= 4 is 10.1 Å². The maximum Gasteiger partial charge on any atom is 0.264 e. The maximum atomic E-state index is 10.8. The van der Waals surface area contributed by atoms with Gasteiger partial charge in [0, 0.05) is 0 Å². The van der Waals surface area contributed by atoms with Crippen molar-refractivity contribution in [3.05, 3.63) is 23.8 Å². The normalized spacial score (nSPS) is 14.8. The summed E-state index contributed by atoms with van der Waals surface area (Å²) >= 11 is 0. The fourth-order valence-corrected chi connectivity index (χ4v) is 1.70. The molecule has 0 unspecified atom stereocenters. The second kappa shape index (κ2) is 4.31. The van der Waals surface area contributed by atoms with Gasteiger partial charge in [0.1, 0.15) is 13.2 Å². The van der Waals surface area contributed by atoms with Crippen molar-refractivity contribution in [3.8, 4) is 11.5 Å². The van der Waals surface area contributed by atoms with Crippen LogP contribution in [0.3, 0.4) is 0 Å². The molecule has 1 heterocycles. The van der Waals surface area contributed by atoms with E-state index in [1.807, 2.05) is 0 Å². The molecule has 0 N–H and O–H groups in total. The first kappa shape index (κ1) is 11.2. The Morgan fingerprint density at radius 2 is 1.94 bits per heavy atom. The zero-order valence-corrected chi connectivity index (χ0v) is 9.62. The molecule has 0 spiro atoms. The molecule has 1 aliphatic rings. The van der Waals surface area contributed by atoms with Gasteiger partial charge in [0.25, 0.3) is 10.1 Å². The lowest BCUT2D eigenvalue weighted by atomic mass is 10.2. The predicted octanol–water partition coefficient (Wildman–Crippen LogP) is 0.934. The lowest BCUT2D eigenvalue weighted by molar-refractivity contribution is 0.171. The molecule has 0 aromatic heterocycles. The van der Waals surface area contributed by atoms with Crippen LogP contribution in [-0.4, -0.2) is 27.9 Å². The van der Waals surface area contributed by atoms with Gasteiger partial charge in [-0.05, 0) is 17.7 Å². The highest BCUT2D eigenvalue weighted by molar-refractivity contribution is 7.85. The van der Waals surface area contributed by atoms with Crippen LogP contribution >= 0.6 is 0 Å². The quantitative estimate of drug-likeness (QED) is 0.740. The van der Waals surface area contributed by atoms with Gasteiger partial charge >= 0.3 is 0 Å². The summed E-state index contributed by atoms with van der Waals surface area (Å²) < 4.78 is 37.0. The Morgan fingerprint density at radius 1 is 1.25 bits per heavy atom. The minimum Gasteiger partial charge on any atom is -0.486 e. The molecule has 1 aromatic rings. The molecule has 0 aliphatic carbocycles. The van der Waals surface area contributed by atoms with E-state index in [9.17, 15) is 8.42 Å². The summed E-state index contributed by atoms with van der Waals surface area (Å²) in [6.45, 7) is 1.05. The molecule has 88 valence electrons. The van der Waals surface area contributed by atoms with Crippen molar-refractivity contribution in [2.24, 2.45) is 0 Å². The van der Waals surface area contributed by atoms with Crippen molar-refractivity contribution in [2.75, 3.05) is 19.5 Å². The Kier molecular flexibility index (Phi) is 3.02. The number of fused-ring (bicyclic) bond motifs is 1. The molecular weight excluding hydrogens is 232 g/mol. The molecule has 2 rings (SSSR count). The average molecular weight is 244 g/mol. The molecule has 0 radical (unpaired) electrons. The fraction of sp³-hybridized carbons (Fsp3) is 0.400. The minimum atomic E-state index is -3.42. The zero-order valence-electron chi connectivity index (χ0n) is 8.80. The Balaban J connectivity index is 2.11. The van der Waals surface area contributed by atoms with Crippen molar-refractivity contribution in [1.82, 2.24) is 0 Å². The van der Waals surface area contributed by atoms with Crippen molar-refractivity contribution in [2.45, 2.75) is 6.61 Å². The van der Waals surface area contributed by atoms with E-state index < -0.39 is 10.1 Å². The summed E-state index contributed by atoms with van der Waals surface area (Å²) in [7, 11) is -3.42. The molecule has 16 heavy (non-hydrogen) atoms. The predicted molar refractivity (Wildman–Crippen MR) is 57.1 cm³/mol. The SMILES string of the molecule is CS(=O)(=O)OCc1ccc2c(c1)OCCO2. The number of hydrogen-bond acceptors (Lipinski definition) is 5. The first-order chi connectivity index (χ1) is 7.54. The first-order valence-electron chi connectivity index (χ1n) is 4.77. The van der Waals surface area contributed by atoms with Gasteiger partial charge in [0.2, 0.25) is 0 Å². The van der Waals surface area contributed by atoms with E-state index in [-0.39, 0.29) is 6.61 Å². The minimum absolute atomic E-state index is 0.00940. The van der Waals surface area contributed by atoms with Gasteiger partial charge < -0.3 is 9.47 Å². The zero-order chi connectivity index (χ0) is 11.6. The molecule has 1 aromatic carbocycles. The van der Waals surface area contributed by atoms with Crippen molar-refractivity contribution in [3.63, 3.8) is 0 Å². The first-order valence-corrected chi connectivity index (χ1v) is 6.59. The van der Waals surface area contributed by atoms with E-state index >= 15 is 0 Å². The van der Waals surface area contributed by atoms with Crippen LogP contribution in [-0.2, 0) is 20.9 Å². The van der Waals surface area contributed by atoms with Gasteiger partial charge in [-0.1, -0.05) is 6.07 Å². The fourth-order valence-electron chi connectivity index (χ4n) is 1.35. The van der Waals surface area contributed by atoms with E-state index in [0.717, 1.165) is 11.8 Å². The Bertz CT molecular complexity index is 480. The van der Waals surface area contributed by atoms with Gasteiger partial charge in [-0.25, -0.2) is 0 Å². The summed E-state index contributed by atoms with van der Waals surface area (Å²) in [5.74, 6) is 1.30. The molecule has 0 saturated carbocycles. The highest BCUT2D eigenvalue weighted by Gasteiger charge is 2.12. The van der Waals surface area contributed by atoms with Gasteiger partial charge in [-0.2, -0.15) is 8.42 Å². The summed E-state index contributed by atoms with van der Waals surface area (Å²) in [6, 6.07) is 5.22. The molecule has 0 atom stereocenters. The van der Waals surface area contributed by atoms with Crippen molar-refractivity contribution < 1.29 is 22.1 Å². The second-order valence-corrected chi connectivity index (χ2v) is 5.09. The Hall–Kier alpha value is -1.27. The Labute approximate surface area is 94.1 Å². The third-order valence-corrected chi connectivity index (χ3v) is 2.59. The van der Waals surface area contributed by atoms with E-state index in [2.05, 4.69) is 4.18 Å². The maximum absolute atomic E-state index is 10.8. The van der Waals surface area contributed by atoms with Crippen LogP contribution < -0.4 is 9.47 Å². The summed E-state index contributed by atoms with van der Waals surface area (Å²) in [5.41, 5.74) is 0.731. The smallest absolute Gasteiger partial charge is 0.264 e. The van der Waals surface area contributed by atoms with E-state index in [1.165, 1.54) is 0 Å². The third-order valence-electron chi connectivity index (χ3n) is 2.05. The van der Waals surface area contributed by atoms with Crippen LogP contribution in [0.15, 0.2) is 18.2 Å². The highest BCUT2D eigenvalue weighted by Crippen LogP contribution is 2.30. The van der Waals surface area contributed by atoms with Crippen LogP contribution in [0.25, 0.3) is 0 Å². The van der Waals surface area contributed by atoms with Gasteiger partial charge in [-0.3, -0.25) is 4.18 Å². The summed E-state index contributed by atoms with van der Waals surface area (Å²) in [5, 5.41) is 0. The van der Waals surface area contributed by atoms with Crippen LogP contribution in [0.2, 0.25) is 0 Å². The van der Waals surface area contributed by atoms with Gasteiger partial charge in [-0.15, -0.1) is 0 Å². The average Bonchev–Trinajstić information content (AvgIpc) is 2.25. The number of benzene rings is 1. The molecule has 0 saturated heterocycles. The Morgan fingerprint density at radius 3 is 2.62 bits per heavy atom. The third kappa shape index (κ3) is 2.86. The van der Waals surface area contributed by atoms with E-state index in [1.54, 1.807) is 18.2 Å². The molecule has 0 amide bonds. The largest absolute Gasteiger partial charge is 0.486 e. The monoisotopic (exact) mass is 244 g/mol. The molecular formula is C10H12O5S. The topological polar surface area (TPSA) is 61.8 Å². The van der Waals surface area contributed by atoms with Crippen LogP contribution in [0.1, 0.15) is 5.56 Å². The molecule has 5 nitrogen and oxygen atoms in total. The van der Waals surface area contributed by atoms with Crippen LogP contribution in [0.5, 0.6) is 11.5 Å². The van der Waals surface area contributed by atoms with Crippen LogP contribution in [0.4, 0.5) is 0 Å². The standard InChI is InChI=1S/C10H12O5S/c1-16(11,12)15-7-8-2-3-9-10(6-8)14-5-4-13-9/h2-3,6H,4-5,7H2,1H3. The van der Waals surface area contributed by atoms with E-state index in [0.29, 0.717) is 24.7 Å². The lowest BCUT2D eigenvalue weighted by Gasteiger charge is -2.18. The van der Waals surface area contributed by atoms with Gasteiger partial charge in [0.05, 0.1) is 12.9 Å². The van der Waals surface area contributed by atoms with Crippen LogP contribution in [0, 0.1) is 0 Å². The lowest BCUT2D eigenvalue weighted by Crippen LogP contribution is -2.15. The number of ether oxygens (including phenoxy) is 2. The van der Waals surface area contributed by atoms with Gasteiger partial charge in [0.15, 0.2) is 11.5 Å². The summed E-state index contributed by atoms with van der Waals surface area (Å²) in [6.07, 6.45) is 1.02.